The van der Waals surface area contributed by atoms with Crippen molar-refractivity contribution in [1.29, 1.82) is 0 Å². The Morgan fingerprint density at radius 2 is 1.07 bits per heavy atom. The minimum atomic E-state index is -0.108. The number of amides is 1. The Labute approximate surface area is 286 Å². The van der Waals surface area contributed by atoms with Crippen molar-refractivity contribution in [3.05, 3.63) is 24.3 Å². The van der Waals surface area contributed by atoms with E-state index in [0.717, 1.165) is 51.5 Å². The molecule has 0 rings (SSSR count). The van der Waals surface area contributed by atoms with Crippen LogP contribution in [0.1, 0.15) is 174 Å². The average molecular weight is 655 g/mol. The van der Waals surface area contributed by atoms with E-state index in [0.29, 0.717) is 30.6 Å². The maximum atomic E-state index is 12.3. The highest BCUT2D eigenvalue weighted by molar-refractivity contribution is 5.75. The molecule has 266 valence electrons. The summed E-state index contributed by atoms with van der Waals surface area (Å²) >= 11 is 0. The number of unbranched alkanes of at least 4 members (excludes halogenated alkanes) is 19. The van der Waals surface area contributed by atoms with Crippen molar-refractivity contribution in [2.24, 2.45) is 0 Å². The quantitative estimate of drug-likeness (QED) is 0.0343. The van der Waals surface area contributed by atoms with E-state index in [4.69, 9.17) is 4.74 Å². The summed E-state index contributed by atoms with van der Waals surface area (Å²) < 4.78 is 6.10. The first-order chi connectivity index (χ1) is 21.4. The van der Waals surface area contributed by atoms with E-state index >= 15 is 0 Å². The second kappa shape index (κ2) is 35.5. The molecule has 45 heavy (non-hydrogen) atoms. The Morgan fingerprint density at radius 3 is 1.64 bits per heavy atom. The van der Waals surface area contributed by atoms with Crippen LogP contribution in [0.4, 0.5) is 0 Å². The molecule has 0 spiro atoms. The monoisotopic (exact) mass is 655 g/mol. The summed E-state index contributed by atoms with van der Waals surface area (Å²) in [4.78, 5) is 24.5. The molecule has 0 aromatic rings. The summed E-state index contributed by atoms with van der Waals surface area (Å²) in [5.74, 6) is 0.0475. The predicted octanol–water partition coefficient (Wildman–Crippen LogP) is 7.63. The highest BCUT2D eigenvalue weighted by Crippen LogP contribution is 2.12. The number of ether oxygens (including phenoxy) is 1. The van der Waals surface area contributed by atoms with E-state index in [1.165, 1.54) is 109 Å². The fourth-order valence-electron chi connectivity index (χ4n) is 5.52. The smallest absolute Gasteiger partial charge is 0.361 e. The Hall–Kier alpha value is -1.33. The number of halogens is 1. The maximum absolute atomic E-state index is 12.3. The second-order valence-electron chi connectivity index (χ2n) is 13.6. The Balaban J connectivity index is 0. The molecule has 0 heterocycles. The molecule has 0 bridgehead atoms. The average Bonchev–Trinajstić information content (AvgIpc) is 2.99. The number of quaternary nitrogens is 1. The van der Waals surface area contributed by atoms with Crippen LogP contribution >= 0.6 is 0 Å². The summed E-state index contributed by atoms with van der Waals surface area (Å²) in [7, 11) is 4.13. The Kier molecular flexibility index (Phi) is 36.1. The van der Waals surface area contributed by atoms with Crippen molar-refractivity contribution in [1.82, 2.24) is 5.32 Å². The van der Waals surface area contributed by atoms with Gasteiger partial charge in [0.2, 0.25) is 5.91 Å². The number of hydrogen-bond acceptors (Lipinski definition) is 3. The molecule has 6 heteroatoms. The molecule has 5 nitrogen and oxygen atoms in total. The summed E-state index contributed by atoms with van der Waals surface area (Å²) in [5, 5.41) is 3.06. The van der Waals surface area contributed by atoms with Gasteiger partial charge in [0.1, 0.15) is 0 Å². The predicted molar refractivity (Wildman–Crippen MR) is 191 cm³/mol. The van der Waals surface area contributed by atoms with E-state index in [2.05, 4.69) is 57.6 Å². The van der Waals surface area contributed by atoms with Crippen LogP contribution in [0, 0.1) is 0 Å². The molecule has 1 amide bonds. The molecule has 0 saturated heterocycles. The van der Waals surface area contributed by atoms with Crippen molar-refractivity contribution >= 4 is 11.9 Å². The summed E-state index contributed by atoms with van der Waals surface area (Å²) in [6.45, 7) is 6.97. The molecule has 0 atom stereocenters. The van der Waals surface area contributed by atoms with Gasteiger partial charge in [-0.3, -0.25) is 4.79 Å². The lowest BCUT2D eigenvalue weighted by atomic mass is 10.1. The first-order valence-electron chi connectivity index (χ1n) is 19.0. The SMILES string of the molecule is CCCCC/C=C/C/C=C/CCCCCCCC(=O)NCCC[N+](C)(C)CC(=O)OCCCCCCCCCCCCCC.[Cl-]. The summed E-state index contributed by atoms with van der Waals surface area (Å²) in [6, 6.07) is 0. The molecular formula is C39H75ClN2O3. The highest BCUT2D eigenvalue weighted by Gasteiger charge is 2.20. The van der Waals surface area contributed by atoms with Gasteiger partial charge in [0.15, 0.2) is 6.54 Å². The van der Waals surface area contributed by atoms with E-state index < -0.39 is 0 Å². The van der Waals surface area contributed by atoms with Crippen LogP contribution in [0.3, 0.4) is 0 Å². The lowest BCUT2D eigenvalue weighted by Gasteiger charge is -2.28. The maximum Gasteiger partial charge on any atom is 0.361 e. The van der Waals surface area contributed by atoms with Crippen LogP contribution in [0.5, 0.6) is 0 Å². The van der Waals surface area contributed by atoms with Gasteiger partial charge in [-0.15, -0.1) is 0 Å². The first kappa shape index (κ1) is 45.8. The molecule has 0 aliphatic heterocycles. The number of esters is 1. The fraction of sp³-hybridized carbons (Fsp3) is 0.846. The molecule has 0 saturated carbocycles. The van der Waals surface area contributed by atoms with Crippen LogP contribution in [-0.2, 0) is 14.3 Å². The molecule has 0 unspecified atom stereocenters. The summed E-state index contributed by atoms with van der Waals surface area (Å²) in [5.41, 5.74) is 0. The number of nitrogens with zero attached hydrogens (tertiary/aromatic N) is 1. The van der Waals surface area contributed by atoms with E-state index in [9.17, 15) is 9.59 Å². The number of likely N-dealkylation sites (N-methyl/N-ethyl adjacent to an activating group) is 1. The number of allylic oxidation sites excluding steroid dienone is 4. The molecule has 0 radical (unpaired) electrons. The largest absolute Gasteiger partial charge is 1.00 e. The van der Waals surface area contributed by atoms with Gasteiger partial charge in [-0.25, -0.2) is 4.79 Å². The van der Waals surface area contributed by atoms with E-state index in [1.807, 2.05) is 0 Å². The third-order valence-corrected chi connectivity index (χ3v) is 8.43. The fourth-order valence-corrected chi connectivity index (χ4v) is 5.52. The molecule has 1 N–H and O–H groups in total. The standard InChI is InChI=1S/C39H74N2O3.ClH/c1-5-7-9-11-13-15-17-19-20-21-22-24-26-28-30-33-38(42)40-34-32-35-41(3,4)37-39(43)44-36-31-29-27-25-23-18-16-14-12-10-8-6-2;/h13,15,19-20H,5-12,14,16-18,21-37H2,1-4H3;1H/b15-13+,20-19+;. The van der Waals surface area contributed by atoms with Gasteiger partial charge < -0.3 is 26.9 Å². The zero-order valence-corrected chi connectivity index (χ0v) is 31.1. The lowest BCUT2D eigenvalue weighted by molar-refractivity contribution is -0.883. The molecule has 0 aliphatic rings. The Morgan fingerprint density at radius 1 is 0.600 bits per heavy atom. The van der Waals surface area contributed by atoms with Crippen molar-refractivity contribution in [2.45, 2.75) is 174 Å². The second-order valence-corrected chi connectivity index (χ2v) is 13.6. The van der Waals surface area contributed by atoms with E-state index in [1.54, 1.807) is 0 Å². The van der Waals surface area contributed by atoms with E-state index in [-0.39, 0.29) is 24.3 Å². The topological polar surface area (TPSA) is 55.4 Å². The van der Waals surface area contributed by atoms with Gasteiger partial charge in [-0.2, -0.15) is 0 Å². The Bertz CT molecular complexity index is 708. The number of carbonyl (C=O) groups is 2. The number of nitrogens with one attached hydrogen (secondary N) is 1. The number of rotatable bonds is 33. The van der Waals surface area contributed by atoms with Gasteiger partial charge in [-0.05, 0) is 44.9 Å². The van der Waals surface area contributed by atoms with Gasteiger partial charge in [0.25, 0.3) is 0 Å². The molecule has 0 aromatic heterocycles. The van der Waals surface area contributed by atoms with Crippen LogP contribution < -0.4 is 17.7 Å². The third-order valence-electron chi connectivity index (χ3n) is 8.43. The van der Waals surface area contributed by atoms with Crippen molar-refractivity contribution < 1.29 is 31.2 Å². The number of carbonyl (C=O) groups excluding carboxylic acids is 2. The minimum Gasteiger partial charge on any atom is -1.00 e. The van der Waals surface area contributed by atoms with Crippen LogP contribution in [0.2, 0.25) is 0 Å². The zero-order chi connectivity index (χ0) is 32.4. The first-order valence-corrected chi connectivity index (χ1v) is 19.0. The molecule has 0 fully saturated rings. The normalized spacial score (nSPS) is 11.7. The van der Waals surface area contributed by atoms with Gasteiger partial charge >= 0.3 is 5.97 Å². The molecule has 0 aliphatic carbocycles. The zero-order valence-electron chi connectivity index (χ0n) is 30.4. The van der Waals surface area contributed by atoms with Gasteiger partial charge in [0.05, 0.1) is 27.2 Å². The van der Waals surface area contributed by atoms with Gasteiger partial charge in [-0.1, -0.05) is 141 Å². The van der Waals surface area contributed by atoms with Crippen molar-refractivity contribution in [3.63, 3.8) is 0 Å². The van der Waals surface area contributed by atoms with Crippen LogP contribution in [0.15, 0.2) is 24.3 Å². The highest BCUT2D eigenvalue weighted by atomic mass is 35.5. The van der Waals surface area contributed by atoms with Crippen LogP contribution in [-0.4, -0.2) is 56.7 Å². The number of hydrogen-bond donors (Lipinski definition) is 1. The lowest BCUT2D eigenvalue weighted by Crippen LogP contribution is -3.00. The summed E-state index contributed by atoms with van der Waals surface area (Å²) in [6.07, 6.45) is 39.5. The minimum absolute atomic E-state index is 0. The third kappa shape index (κ3) is 37.0. The molecular weight excluding hydrogens is 580 g/mol. The van der Waals surface area contributed by atoms with Gasteiger partial charge in [0, 0.05) is 19.4 Å². The van der Waals surface area contributed by atoms with Crippen molar-refractivity contribution in [3.8, 4) is 0 Å². The van der Waals surface area contributed by atoms with Crippen LogP contribution in [0.25, 0.3) is 0 Å². The molecule has 0 aromatic carbocycles. The van der Waals surface area contributed by atoms with Crippen molar-refractivity contribution in [2.75, 3.05) is 40.3 Å².